The summed E-state index contributed by atoms with van der Waals surface area (Å²) in [5.41, 5.74) is 0. The van der Waals surface area contributed by atoms with Crippen molar-refractivity contribution in [3.05, 3.63) is 24.8 Å². The Morgan fingerprint density at radius 1 is 1.18 bits per heavy atom. The predicted octanol–water partition coefficient (Wildman–Crippen LogP) is 2.25. The molecule has 0 aliphatic heterocycles. The third kappa shape index (κ3) is 10.7. The number of carbonyl (C=O) groups excluding carboxylic acids is 2. The third-order valence-electron chi connectivity index (χ3n) is 1.71. The molecular formula is C13H20O4. The van der Waals surface area contributed by atoms with E-state index in [0.717, 1.165) is 25.0 Å². The highest BCUT2D eigenvalue weighted by Gasteiger charge is 2.02. The van der Waals surface area contributed by atoms with Gasteiger partial charge in [-0.15, -0.1) is 6.58 Å². The lowest BCUT2D eigenvalue weighted by Gasteiger charge is -2.03. The van der Waals surface area contributed by atoms with Crippen molar-refractivity contribution < 1.29 is 19.1 Å². The van der Waals surface area contributed by atoms with E-state index in [4.69, 9.17) is 9.47 Å². The molecular weight excluding hydrogens is 220 g/mol. The fraction of sp³-hybridized carbons (Fsp3) is 0.538. The number of allylic oxidation sites excluding steroid dienone is 1. The average molecular weight is 240 g/mol. The zero-order valence-electron chi connectivity index (χ0n) is 10.5. The normalized spacial score (nSPS) is 10.5. The summed E-state index contributed by atoms with van der Waals surface area (Å²) in [5.74, 6) is -0.782. The van der Waals surface area contributed by atoms with Gasteiger partial charge in [-0.1, -0.05) is 19.9 Å². The monoisotopic (exact) mass is 240 g/mol. The van der Waals surface area contributed by atoms with E-state index in [1.54, 1.807) is 6.08 Å². The van der Waals surface area contributed by atoms with E-state index < -0.39 is 11.9 Å². The first-order valence-corrected chi connectivity index (χ1v) is 5.68. The number of rotatable bonds is 8. The predicted molar refractivity (Wildman–Crippen MR) is 65.3 cm³/mol. The van der Waals surface area contributed by atoms with Crippen LogP contribution in [-0.2, 0) is 19.1 Å². The summed E-state index contributed by atoms with van der Waals surface area (Å²) in [6.45, 7) is 8.10. The van der Waals surface area contributed by atoms with E-state index in [9.17, 15) is 9.59 Å². The Kier molecular flexibility index (Phi) is 8.74. The maximum Gasteiger partial charge on any atom is 0.331 e. The van der Waals surface area contributed by atoms with Gasteiger partial charge in [-0.3, -0.25) is 0 Å². The third-order valence-corrected chi connectivity index (χ3v) is 1.71. The van der Waals surface area contributed by atoms with Crippen molar-refractivity contribution in [1.82, 2.24) is 0 Å². The van der Waals surface area contributed by atoms with E-state index >= 15 is 0 Å². The first-order chi connectivity index (χ1) is 8.06. The lowest BCUT2D eigenvalue weighted by atomic mass is 10.2. The second kappa shape index (κ2) is 9.63. The second-order valence-electron chi connectivity index (χ2n) is 3.96. The molecule has 4 nitrogen and oxygen atoms in total. The van der Waals surface area contributed by atoms with Gasteiger partial charge in [-0.25, -0.2) is 9.59 Å². The molecule has 0 atom stereocenters. The van der Waals surface area contributed by atoms with Crippen LogP contribution in [0.1, 0.15) is 26.7 Å². The first-order valence-electron chi connectivity index (χ1n) is 5.68. The van der Waals surface area contributed by atoms with E-state index in [1.165, 1.54) is 0 Å². The quantitative estimate of drug-likeness (QED) is 0.282. The largest absolute Gasteiger partial charge is 0.463 e. The molecule has 0 fully saturated rings. The maximum absolute atomic E-state index is 11.1. The SMILES string of the molecule is C=CCCCOC(=O)/C=C/C(=O)OCC(C)C. The van der Waals surface area contributed by atoms with Crippen molar-refractivity contribution in [3.8, 4) is 0 Å². The maximum atomic E-state index is 11.1. The van der Waals surface area contributed by atoms with Crippen molar-refractivity contribution in [2.75, 3.05) is 13.2 Å². The number of hydrogen-bond donors (Lipinski definition) is 0. The highest BCUT2D eigenvalue weighted by molar-refractivity contribution is 5.91. The van der Waals surface area contributed by atoms with Gasteiger partial charge in [0, 0.05) is 12.2 Å². The molecule has 0 rings (SSSR count). The number of carbonyl (C=O) groups is 2. The fourth-order valence-corrected chi connectivity index (χ4v) is 0.882. The second-order valence-corrected chi connectivity index (χ2v) is 3.96. The van der Waals surface area contributed by atoms with Gasteiger partial charge in [0.2, 0.25) is 0 Å². The number of esters is 2. The van der Waals surface area contributed by atoms with Crippen LogP contribution >= 0.6 is 0 Å². The van der Waals surface area contributed by atoms with Crippen molar-refractivity contribution in [2.24, 2.45) is 5.92 Å². The minimum atomic E-state index is -0.532. The molecule has 0 amide bonds. The topological polar surface area (TPSA) is 52.6 Å². The van der Waals surface area contributed by atoms with Crippen LogP contribution in [0.5, 0.6) is 0 Å². The summed E-state index contributed by atoms with van der Waals surface area (Å²) in [6, 6.07) is 0. The van der Waals surface area contributed by atoms with Gasteiger partial charge in [0.25, 0.3) is 0 Å². The summed E-state index contributed by atoms with van der Waals surface area (Å²) in [6.07, 6.45) is 5.45. The van der Waals surface area contributed by atoms with Gasteiger partial charge in [0.1, 0.15) is 0 Å². The molecule has 0 N–H and O–H groups in total. The van der Waals surface area contributed by atoms with Gasteiger partial charge >= 0.3 is 11.9 Å². The Hall–Kier alpha value is -1.58. The Bertz CT molecular complexity index is 279. The van der Waals surface area contributed by atoms with Crippen molar-refractivity contribution in [1.29, 1.82) is 0 Å². The molecule has 0 saturated heterocycles. The van der Waals surface area contributed by atoms with E-state index in [1.807, 2.05) is 13.8 Å². The Balaban J connectivity index is 3.71. The molecule has 96 valence electrons. The Labute approximate surface area is 102 Å². The Morgan fingerprint density at radius 3 is 2.29 bits per heavy atom. The van der Waals surface area contributed by atoms with E-state index in [0.29, 0.717) is 13.2 Å². The van der Waals surface area contributed by atoms with Crippen LogP contribution in [0.3, 0.4) is 0 Å². The Morgan fingerprint density at radius 2 is 1.76 bits per heavy atom. The summed E-state index contributed by atoms with van der Waals surface area (Å²) < 4.78 is 9.69. The van der Waals surface area contributed by atoms with Gasteiger partial charge in [0.05, 0.1) is 13.2 Å². The van der Waals surface area contributed by atoms with Crippen molar-refractivity contribution >= 4 is 11.9 Å². The van der Waals surface area contributed by atoms with Crippen molar-refractivity contribution in [3.63, 3.8) is 0 Å². The highest BCUT2D eigenvalue weighted by atomic mass is 16.5. The van der Waals surface area contributed by atoms with Gasteiger partial charge in [-0.2, -0.15) is 0 Å². The standard InChI is InChI=1S/C13H20O4/c1-4-5-6-9-16-12(14)7-8-13(15)17-10-11(2)3/h4,7-8,11H,1,5-6,9-10H2,2-3H3/b8-7+. The molecule has 0 aromatic carbocycles. The molecule has 0 aliphatic carbocycles. The smallest absolute Gasteiger partial charge is 0.331 e. The number of ether oxygens (including phenoxy) is 2. The van der Waals surface area contributed by atoms with Gasteiger partial charge in [-0.05, 0) is 18.8 Å². The minimum Gasteiger partial charge on any atom is -0.463 e. The van der Waals surface area contributed by atoms with Crippen LogP contribution in [0.4, 0.5) is 0 Å². The first kappa shape index (κ1) is 15.4. The van der Waals surface area contributed by atoms with Crippen LogP contribution in [0.25, 0.3) is 0 Å². The minimum absolute atomic E-state index is 0.276. The summed E-state index contributed by atoms with van der Waals surface area (Å²) in [5, 5.41) is 0. The van der Waals surface area contributed by atoms with Gasteiger partial charge in [0.15, 0.2) is 0 Å². The van der Waals surface area contributed by atoms with Crippen LogP contribution in [0.2, 0.25) is 0 Å². The zero-order chi connectivity index (χ0) is 13.1. The molecule has 0 heterocycles. The summed E-state index contributed by atoms with van der Waals surface area (Å²) in [4.78, 5) is 22.2. The lowest BCUT2D eigenvalue weighted by Crippen LogP contribution is -2.08. The molecule has 17 heavy (non-hydrogen) atoms. The average Bonchev–Trinajstić information content (AvgIpc) is 2.29. The van der Waals surface area contributed by atoms with Crippen LogP contribution in [-0.4, -0.2) is 25.2 Å². The summed E-state index contributed by atoms with van der Waals surface area (Å²) >= 11 is 0. The molecule has 0 aromatic heterocycles. The van der Waals surface area contributed by atoms with Gasteiger partial charge < -0.3 is 9.47 Å². The molecule has 4 heteroatoms. The fourth-order valence-electron chi connectivity index (χ4n) is 0.882. The molecule has 0 bridgehead atoms. The van der Waals surface area contributed by atoms with Crippen LogP contribution in [0, 0.1) is 5.92 Å². The zero-order valence-corrected chi connectivity index (χ0v) is 10.5. The molecule has 0 spiro atoms. The highest BCUT2D eigenvalue weighted by Crippen LogP contribution is 1.95. The van der Waals surface area contributed by atoms with Crippen molar-refractivity contribution in [2.45, 2.75) is 26.7 Å². The molecule has 0 saturated carbocycles. The molecule has 0 radical (unpaired) electrons. The van der Waals surface area contributed by atoms with Crippen LogP contribution in [0.15, 0.2) is 24.8 Å². The molecule has 0 unspecified atom stereocenters. The lowest BCUT2D eigenvalue weighted by molar-refractivity contribution is -0.141. The van der Waals surface area contributed by atoms with E-state index in [-0.39, 0.29) is 5.92 Å². The summed E-state index contributed by atoms with van der Waals surface area (Å²) in [7, 11) is 0. The number of hydrogen-bond acceptors (Lipinski definition) is 4. The number of unbranched alkanes of at least 4 members (excludes halogenated alkanes) is 1. The van der Waals surface area contributed by atoms with Crippen LogP contribution < -0.4 is 0 Å². The van der Waals surface area contributed by atoms with E-state index in [2.05, 4.69) is 6.58 Å². The molecule has 0 aromatic rings. The molecule has 0 aliphatic rings.